The normalized spacial score (nSPS) is 10.4. The molecule has 0 heterocycles. The minimum Gasteiger partial charge on any atom is -1.00 e. The minimum absolute atomic E-state index is 0. The summed E-state index contributed by atoms with van der Waals surface area (Å²) in [5.74, 6) is 0.567. The van der Waals surface area contributed by atoms with Crippen LogP contribution < -0.4 is 33.6 Å². The average molecular weight is 351 g/mol. The van der Waals surface area contributed by atoms with Crippen LogP contribution in [0.2, 0.25) is 10.0 Å². The first-order valence-corrected chi connectivity index (χ1v) is 7.80. The number of ether oxygens (including phenoxy) is 2. The molecule has 0 saturated carbocycles. The molecule has 0 bridgehead atoms. The molecule has 0 radical (unpaired) electrons. The van der Waals surface area contributed by atoms with Crippen LogP contribution in [0.1, 0.15) is 11.8 Å². The maximum atomic E-state index is 12.6. The van der Waals surface area contributed by atoms with Crippen LogP contribution in [0.15, 0.2) is 36.4 Å². The Morgan fingerprint density at radius 2 is 1.55 bits per heavy atom. The summed E-state index contributed by atoms with van der Waals surface area (Å²) in [6, 6.07) is 11.0. The fourth-order valence-electron chi connectivity index (χ4n) is 1.90. The van der Waals surface area contributed by atoms with Crippen molar-refractivity contribution in [2.45, 2.75) is 0 Å². The summed E-state index contributed by atoms with van der Waals surface area (Å²) >= 11 is 12.2. The zero-order valence-corrected chi connectivity index (χ0v) is 15.0. The van der Waals surface area contributed by atoms with Gasteiger partial charge < -0.3 is 10.9 Å². The molecule has 22 heavy (non-hydrogen) atoms. The second-order valence-electron chi connectivity index (χ2n) is 4.10. The second kappa shape index (κ2) is 8.82. The summed E-state index contributed by atoms with van der Waals surface area (Å²) in [4.78, 5) is 12.6. The summed E-state index contributed by atoms with van der Waals surface area (Å²) in [6.45, 7) is 0. The molecular weight excluding hydrogens is 337 g/mol. The van der Waals surface area contributed by atoms with Crippen molar-refractivity contribution in [1.82, 2.24) is 0 Å². The molecule has 1 unspecified atom stereocenters. The van der Waals surface area contributed by atoms with Gasteiger partial charge >= 0.3 is 18.9 Å². The van der Waals surface area contributed by atoms with Crippen molar-refractivity contribution in [3.63, 3.8) is 0 Å². The van der Waals surface area contributed by atoms with Gasteiger partial charge in [-0.3, -0.25) is 4.79 Å². The monoisotopic (exact) mass is 350 g/mol. The van der Waals surface area contributed by atoms with Crippen molar-refractivity contribution in [2.75, 3.05) is 14.2 Å². The smallest absolute Gasteiger partial charge is 1.00 e. The molecule has 2 rings (SSSR count). The van der Waals surface area contributed by atoms with Gasteiger partial charge in [0, 0.05) is 0 Å². The van der Waals surface area contributed by atoms with E-state index in [1.54, 1.807) is 0 Å². The Kier molecular flexibility index (Phi) is 7.76. The Labute approximate surface area is 154 Å². The zero-order valence-electron chi connectivity index (χ0n) is 13.4. The van der Waals surface area contributed by atoms with E-state index in [1.165, 1.54) is 20.3 Å². The third kappa shape index (κ3) is 4.19. The van der Waals surface area contributed by atoms with Gasteiger partial charge in [0.1, 0.15) is 5.56 Å². The standard InChI is InChI=1S/C15H13Cl2O3P.Li.H/c1-19-13-10(16)8-11(17)14(20-2)12(13)15(18)21-9-6-4-3-5-7-9;;/h3-8,21H,1-2H3;;/q;+1;-1. The molecule has 7 heteroatoms. The van der Waals surface area contributed by atoms with Crippen LogP contribution in [0, 0.1) is 0 Å². The number of rotatable bonds is 5. The van der Waals surface area contributed by atoms with Crippen LogP contribution in [-0.2, 0) is 0 Å². The molecular formula is C15H14Cl2LiO3P. The van der Waals surface area contributed by atoms with Crippen LogP contribution in [0.5, 0.6) is 11.5 Å². The maximum Gasteiger partial charge on any atom is 1.00 e. The van der Waals surface area contributed by atoms with Gasteiger partial charge in [-0.25, -0.2) is 0 Å². The van der Waals surface area contributed by atoms with Gasteiger partial charge in [0.05, 0.1) is 24.3 Å². The molecule has 0 aliphatic rings. The van der Waals surface area contributed by atoms with Gasteiger partial charge in [-0.05, 0) is 20.0 Å². The summed E-state index contributed by atoms with van der Waals surface area (Å²) in [5.41, 5.74) is 0.138. The quantitative estimate of drug-likeness (QED) is 0.601. The number of carbonyl (C=O) groups is 1. The molecule has 2 aromatic carbocycles. The molecule has 3 nitrogen and oxygen atoms in total. The van der Waals surface area contributed by atoms with Gasteiger partial charge in [-0.15, -0.1) is 0 Å². The van der Waals surface area contributed by atoms with Gasteiger partial charge in [0.15, 0.2) is 17.0 Å². The molecule has 0 aliphatic heterocycles. The molecule has 0 spiro atoms. The molecule has 0 N–H and O–H groups in total. The molecule has 112 valence electrons. The topological polar surface area (TPSA) is 35.5 Å². The van der Waals surface area contributed by atoms with Gasteiger partial charge in [-0.2, -0.15) is 0 Å². The fourth-order valence-corrected chi connectivity index (χ4v) is 3.50. The Hall–Kier alpha value is -0.683. The molecule has 0 fully saturated rings. The van der Waals surface area contributed by atoms with E-state index in [4.69, 9.17) is 32.7 Å². The van der Waals surface area contributed by atoms with E-state index < -0.39 is 0 Å². The Morgan fingerprint density at radius 1 is 1.05 bits per heavy atom. The molecule has 0 saturated heterocycles. The Bertz CT molecular complexity index is 643. The van der Waals surface area contributed by atoms with E-state index in [0.717, 1.165) is 5.30 Å². The van der Waals surface area contributed by atoms with E-state index in [2.05, 4.69) is 0 Å². The molecule has 2 aromatic rings. The number of hydrogen-bond acceptors (Lipinski definition) is 3. The fraction of sp³-hybridized carbons (Fsp3) is 0.133. The van der Waals surface area contributed by atoms with Crippen LogP contribution in [0.3, 0.4) is 0 Å². The molecule has 0 aliphatic carbocycles. The largest absolute Gasteiger partial charge is 1.00 e. The van der Waals surface area contributed by atoms with E-state index in [1.807, 2.05) is 30.3 Å². The number of hydrogen-bond donors (Lipinski definition) is 0. The third-order valence-electron chi connectivity index (χ3n) is 2.81. The summed E-state index contributed by atoms with van der Waals surface area (Å²) in [7, 11) is 2.84. The first-order valence-electron chi connectivity index (χ1n) is 6.04. The maximum absolute atomic E-state index is 12.6. The summed E-state index contributed by atoms with van der Waals surface area (Å²) in [6.07, 6.45) is 0. The van der Waals surface area contributed by atoms with Crippen LogP contribution in [0.25, 0.3) is 0 Å². The van der Waals surface area contributed by atoms with E-state index >= 15 is 0 Å². The minimum atomic E-state index is -0.140. The number of benzene rings is 2. The second-order valence-corrected chi connectivity index (χ2v) is 6.20. The van der Waals surface area contributed by atoms with Crippen molar-refractivity contribution >= 4 is 42.6 Å². The van der Waals surface area contributed by atoms with Crippen molar-refractivity contribution < 1.29 is 34.6 Å². The number of halogens is 2. The van der Waals surface area contributed by atoms with Gasteiger partial charge in [-0.1, -0.05) is 53.5 Å². The Morgan fingerprint density at radius 3 is 2.00 bits per heavy atom. The van der Waals surface area contributed by atoms with E-state index in [-0.39, 0.29) is 61.5 Å². The van der Waals surface area contributed by atoms with Crippen molar-refractivity contribution in [2.24, 2.45) is 0 Å². The van der Waals surface area contributed by atoms with Crippen LogP contribution >= 0.6 is 31.8 Å². The molecule has 1 atom stereocenters. The molecule has 0 aromatic heterocycles. The van der Waals surface area contributed by atoms with Crippen molar-refractivity contribution in [1.29, 1.82) is 0 Å². The third-order valence-corrected chi connectivity index (χ3v) is 4.47. The Balaban J connectivity index is 0.00000242. The SMILES string of the molecule is COc1c(Cl)cc(Cl)c(OC)c1C(=O)Pc1ccccc1.[H-].[Li+]. The van der Waals surface area contributed by atoms with Crippen LogP contribution in [-0.4, -0.2) is 19.7 Å². The predicted molar refractivity (Wildman–Crippen MR) is 89.4 cm³/mol. The van der Waals surface area contributed by atoms with Crippen molar-refractivity contribution in [3.05, 3.63) is 52.0 Å². The van der Waals surface area contributed by atoms with Crippen LogP contribution in [0.4, 0.5) is 0 Å². The summed E-state index contributed by atoms with van der Waals surface area (Å²) < 4.78 is 10.5. The number of carbonyl (C=O) groups excluding carboxylic acids is 1. The summed E-state index contributed by atoms with van der Waals surface area (Å²) in [5, 5.41) is 1.48. The van der Waals surface area contributed by atoms with Crippen molar-refractivity contribution in [3.8, 4) is 11.5 Å². The molecule has 0 amide bonds. The zero-order chi connectivity index (χ0) is 15.4. The van der Waals surface area contributed by atoms with Gasteiger partial charge in [0.2, 0.25) is 0 Å². The first kappa shape index (κ1) is 19.4. The average Bonchev–Trinajstić information content (AvgIpc) is 2.47. The predicted octanol–water partition coefficient (Wildman–Crippen LogP) is 1.27. The number of methoxy groups -OCH3 is 2. The first-order chi connectivity index (χ1) is 10.1. The van der Waals surface area contributed by atoms with E-state index in [0.29, 0.717) is 0 Å². The van der Waals surface area contributed by atoms with E-state index in [9.17, 15) is 4.79 Å². The van der Waals surface area contributed by atoms with Gasteiger partial charge in [0.25, 0.3) is 0 Å².